The highest BCUT2D eigenvalue weighted by Crippen LogP contribution is 2.16. The molecule has 1 aliphatic rings. The van der Waals surface area contributed by atoms with Crippen LogP contribution in [0.2, 0.25) is 0 Å². The molecule has 6 nitrogen and oxygen atoms in total. The predicted molar refractivity (Wildman–Crippen MR) is 42.9 cm³/mol. The van der Waals surface area contributed by atoms with Gasteiger partial charge in [-0.05, 0) is 0 Å². The van der Waals surface area contributed by atoms with Crippen LogP contribution in [0.3, 0.4) is 0 Å². The minimum absolute atomic E-state index is 0.0744. The van der Waals surface area contributed by atoms with Crippen LogP contribution in [0.1, 0.15) is 6.42 Å². The second-order valence-corrected chi connectivity index (χ2v) is 2.62. The number of ether oxygens (including phenoxy) is 3. The molecule has 0 bridgehead atoms. The van der Waals surface area contributed by atoms with Gasteiger partial charge in [0.1, 0.15) is 12.5 Å². The number of aliphatic carboxylic acids is 1. The van der Waals surface area contributed by atoms with Gasteiger partial charge < -0.3 is 19.3 Å². The molecular weight excluding hydrogens is 192 g/mol. The summed E-state index contributed by atoms with van der Waals surface area (Å²) < 4.78 is 14.0. The lowest BCUT2D eigenvalue weighted by atomic mass is 10.1. The van der Waals surface area contributed by atoms with Gasteiger partial charge >= 0.3 is 11.9 Å². The zero-order valence-corrected chi connectivity index (χ0v) is 7.50. The normalized spacial score (nSPS) is 16.9. The number of rotatable bonds is 4. The minimum atomic E-state index is -1.26. The topological polar surface area (TPSA) is 82.1 Å². The van der Waals surface area contributed by atoms with Crippen LogP contribution in [-0.4, -0.2) is 30.4 Å². The number of carboxylic acids is 1. The Balaban J connectivity index is 2.51. The number of carbonyl (C=O) groups is 2. The molecule has 0 fully saturated rings. The maximum Gasteiger partial charge on any atom is 0.320 e. The van der Waals surface area contributed by atoms with E-state index in [4.69, 9.17) is 14.6 Å². The van der Waals surface area contributed by atoms with E-state index in [1.807, 2.05) is 0 Å². The van der Waals surface area contributed by atoms with Crippen molar-refractivity contribution in [3.63, 3.8) is 0 Å². The van der Waals surface area contributed by atoms with Crippen molar-refractivity contribution < 1.29 is 28.9 Å². The molecule has 0 aromatic carbocycles. The standard InChI is InChI=1S/C8H10O6/c1-12-8(11)5(7(9)10)4-6-13-2-3-14-6/h2-3,5-6H,4H2,1H3,(H,9,10). The number of hydrogen-bond acceptors (Lipinski definition) is 5. The van der Waals surface area contributed by atoms with Gasteiger partial charge in [0.25, 0.3) is 0 Å². The summed E-state index contributed by atoms with van der Waals surface area (Å²) in [5, 5.41) is 8.70. The first-order chi connectivity index (χ1) is 6.65. The van der Waals surface area contributed by atoms with Gasteiger partial charge in [0.05, 0.1) is 7.11 Å². The lowest BCUT2D eigenvalue weighted by Crippen LogP contribution is -2.29. The van der Waals surface area contributed by atoms with Crippen molar-refractivity contribution in [2.75, 3.05) is 7.11 Å². The highest BCUT2D eigenvalue weighted by molar-refractivity contribution is 5.93. The van der Waals surface area contributed by atoms with E-state index in [-0.39, 0.29) is 6.42 Å². The van der Waals surface area contributed by atoms with Gasteiger partial charge in [-0.15, -0.1) is 0 Å². The smallest absolute Gasteiger partial charge is 0.320 e. The molecule has 78 valence electrons. The molecule has 0 aromatic rings. The summed E-state index contributed by atoms with van der Waals surface area (Å²) in [6.07, 6.45) is 1.78. The molecule has 6 heteroatoms. The number of hydrogen-bond donors (Lipinski definition) is 1. The Morgan fingerprint density at radius 2 is 2.07 bits per heavy atom. The summed E-state index contributed by atoms with van der Waals surface area (Å²) in [6, 6.07) is 0. The van der Waals surface area contributed by atoms with E-state index >= 15 is 0 Å². The van der Waals surface area contributed by atoms with Crippen LogP contribution in [0.4, 0.5) is 0 Å². The molecule has 1 unspecified atom stereocenters. The molecule has 0 radical (unpaired) electrons. The summed E-state index contributed by atoms with van der Waals surface area (Å²) in [4.78, 5) is 21.7. The highest BCUT2D eigenvalue weighted by atomic mass is 16.7. The number of carboxylic acid groups (broad SMARTS) is 1. The zero-order valence-electron chi connectivity index (χ0n) is 7.50. The average molecular weight is 202 g/mol. The first kappa shape index (κ1) is 10.4. The molecule has 14 heavy (non-hydrogen) atoms. The van der Waals surface area contributed by atoms with Gasteiger partial charge in [0.2, 0.25) is 6.29 Å². The molecule has 1 rings (SSSR count). The molecule has 0 amide bonds. The predicted octanol–water partition coefficient (Wildman–Crippen LogP) is 0.0944. The number of esters is 1. The fraction of sp³-hybridized carbons (Fsp3) is 0.500. The molecule has 1 atom stereocenters. The lowest BCUT2D eigenvalue weighted by molar-refractivity contribution is -0.161. The van der Waals surface area contributed by atoms with E-state index in [1.165, 1.54) is 12.5 Å². The van der Waals surface area contributed by atoms with Crippen molar-refractivity contribution in [2.45, 2.75) is 12.7 Å². The van der Waals surface area contributed by atoms with Crippen LogP contribution in [0.5, 0.6) is 0 Å². The van der Waals surface area contributed by atoms with E-state index < -0.39 is 24.1 Å². The third-order valence-corrected chi connectivity index (χ3v) is 1.73. The second-order valence-electron chi connectivity index (χ2n) is 2.62. The summed E-state index contributed by atoms with van der Waals surface area (Å²) in [7, 11) is 1.13. The summed E-state index contributed by atoms with van der Waals surface area (Å²) >= 11 is 0. The SMILES string of the molecule is COC(=O)C(CC1OC=CO1)C(=O)O. The van der Waals surface area contributed by atoms with Crippen LogP contribution < -0.4 is 0 Å². The first-order valence-corrected chi connectivity index (χ1v) is 3.91. The first-order valence-electron chi connectivity index (χ1n) is 3.91. The van der Waals surface area contributed by atoms with Crippen molar-refractivity contribution in [1.29, 1.82) is 0 Å². The fourth-order valence-corrected chi connectivity index (χ4v) is 1.02. The minimum Gasteiger partial charge on any atom is -0.481 e. The van der Waals surface area contributed by atoms with E-state index in [2.05, 4.69) is 4.74 Å². The molecule has 1 heterocycles. The monoisotopic (exact) mass is 202 g/mol. The van der Waals surface area contributed by atoms with E-state index in [0.29, 0.717) is 0 Å². The van der Waals surface area contributed by atoms with E-state index in [9.17, 15) is 9.59 Å². The molecule has 0 saturated carbocycles. The van der Waals surface area contributed by atoms with Gasteiger partial charge in [0.15, 0.2) is 5.92 Å². The Bertz CT molecular complexity index is 251. The summed E-state index contributed by atoms with van der Waals surface area (Å²) in [5.41, 5.74) is 0. The van der Waals surface area contributed by atoms with Crippen LogP contribution in [0, 0.1) is 5.92 Å². The van der Waals surface area contributed by atoms with Gasteiger partial charge in [-0.25, -0.2) is 0 Å². The van der Waals surface area contributed by atoms with Gasteiger partial charge in [0, 0.05) is 6.42 Å². The second kappa shape index (κ2) is 4.50. The molecule has 0 aliphatic carbocycles. The van der Waals surface area contributed by atoms with E-state index in [1.54, 1.807) is 0 Å². The van der Waals surface area contributed by atoms with Gasteiger partial charge in [-0.2, -0.15) is 0 Å². The van der Waals surface area contributed by atoms with Crippen LogP contribution in [-0.2, 0) is 23.8 Å². The Hall–Kier alpha value is -1.72. The Morgan fingerprint density at radius 3 is 2.50 bits per heavy atom. The highest BCUT2D eigenvalue weighted by Gasteiger charge is 2.32. The third kappa shape index (κ3) is 2.38. The van der Waals surface area contributed by atoms with Crippen molar-refractivity contribution in [3.8, 4) is 0 Å². The molecule has 0 saturated heterocycles. The maximum absolute atomic E-state index is 11.0. The molecule has 0 aromatic heterocycles. The van der Waals surface area contributed by atoms with Crippen LogP contribution in [0.15, 0.2) is 12.5 Å². The molecule has 1 N–H and O–H groups in total. The largest absolute Gasteiger partial charge is 0.481 e. The molecule has 0 spiro atoms. The van der Waals surface area contributed by atoms with Crippen molar-refractivity contribution in [3.05, 3.63) is 12.5 Å². The van der Waals surface area contributed by atoms with Gasteiger partial charge in [-0.1, -0.05) is 0 Å². The van der Waals surface area contributed by atoms with Crippen LogP contribution >= 0.6 is 0 Å². The lowest BCUT2D eigenvalue weighted by Gasteiger charge is -2.14. The van der Waals surface area contributed by atoms with Crippen molar-refractivity contribution >= 4 is 11.9 Å². The third-order valence-electron chi connectivity index (χ3n) is 1.73. The molecular formula is C8H10O6. The Kier molecular flexibility index (Phi) is 3.33. The average Bonchev–Trinajstić information content (AvgIpc) is 2.65. The van der Waals surface area contributed by atoms with Gasteiger partial charge in [-0.3, -0.25) is 9.59 Å². The van der Waals surface area contributed by atoms with Crippen LogP contribution in [0.25, 0.3) is 0 Å². The van der Waals surface area contributed by atoms with Crippen molar-refractivity contribution in [1.82, 2.24) is 0 Å². The zero-order chi connectivity index (χ0) is 10.6. The van der Waals surface area contributed by atoms with Crippen molar-refractivity contribution in [2.24, 2.45) is 5.92 Å². The number of carbonyl (C=O) groups excluding carboxylic acids is 1. The molecule has 1 aliphatic heterocycles. The Morgan fingerprint density at radius 1 is 1.50 bits per heavy atom. The Labute approximate surface area is 80.1 Å². The quantitative estimate of drug-likeness (QED) is 0.514. The maximum atomic E-state index is 11.0. The summed E-state index contributed by atoms with van der Waals surface area (Å²) in [5.74, 6) is -3.32. The fourth-order valence-electron chi connectivity index (χ4n) is 1.02. The van der Waals surface area contributed by atoms with E-state index in [0.717, 1.165) is 7.11 Å². The number of methoxy groups -OCH3 is 1. The summed E-state index contributed by atoms with van der Waals surface area (Å²) in [6.45, 7) is 0.